The van der Waals surface area contributed by atoms with Crippen LogP contribution in [-0.2, 0) is 11.3 Å². The fraction of sp³-hybridized carbons (Fsp3) is 0.0588. The summed E-state index contributed by atoms with van der Waals surface area (Å²) in [5.74, 6) is 0.293. The summed E-state index contributed by atoms with van der Waals surface area (Å²) >= 11 is 1.57. The lowest BCUT2D eigenvalue weighted by Crippen LogP contribution is -2.04. The van der Waals surface area contributed by atoms with Crippen LogP contribution in [0.2, 0.25) is 0 Å². The van der Waals surface area contributed by atoms with Gasteiger partial charge in [0.25, 0.3) is 0 Å². The van der Waals surface area contributed by atoms with Crippen molar-refractivity contribution < 1.29 is 14.1 Å². The average Bonchev–Trinajstić information content (AvgIpc) is 3.31. The number of benzene rings is 1. The van der Waals surface area contributed by atoms with Crippen LogP contribution in [0.3, 0.4) is 0 Å². The first-order valence-corrected chi connectivity index (χ1v) is 7.92. The predicted octanol–water partition coefficient (Wildman–Crippen LogP) is 4.24. The van der Waals surface area contributed by atoms with Gasteiger partial charge in [-0.1, -0.05) is 29.4 Å². The minimum atomic E-state index is -0.386. The largest absolute Gasteiger partial charge is 0.455 e. The number of nitrogens with one attached hydrogen (secondary N) is 1. The van der Waals surface area contributed by atoms with Gasteiger partial charge >= 0.3 is 5.97 Å². The molecule has 23 heavy (non-hydrogen) atoms. The van der Waals surface area contributed by atoms with Gasteiger partial charge in [0, 0.05) is 23.2 Å². The number of para-hydroxylation sites is 1. The Morgan fingerprint density at radius 3 is 3.04 bits per heavy atom. The summed E-state index contributed by atoms with van der Waals surface area (Å²) in [6, 6.07) is 13.3. The zero-order valence-electron chi connectivity index (χ0n) is 12.0. The highest BCUT2D eigenvalue weighted by Gasteiger charge is 2.15. The van der Waals surface area contributed by atoms with Crippen molar-refractivity contribution in [2.75, 3.05) is 0 Å². The molecule has 5 nitrogen and oxygen atoms in total. The molecule has 3 aromatic heterocycles. The van der Waals surface area contributed by atoms with Crippen LogP contribution in [0.15, 0.2) is 58.6 Å². The molecule has 0 aliphatic rings. The predicted molar refractivity (Wildman–Crippen MR) is 87.2 cm³/mol. The summed E-state index contributed by atoms with van der Waals surface area (Å²) in [5.41, 5.74) is 2.00. The summed E-state index contributed by atoms with van der Waals surface area (Å²) in [4.78, 5) is 16.3. The molecule has 0 aliphatic carbocycles. The van der Waals surface area contributed by atoms with E-state index in [2.05, 4.69) is 10.1 Å². The summed E-state index contributed by atoms with van der Waals surface area (Å²) in [5, 5.41) is 6.75. The molecule has 0 atom stereocenters. The van der Waals surface area contributed by atoms with Crippen LogP contribution >= 0.6 is 11.3 Å². The molecule has 0 spiro atoms. The Labute approximate surface area is 135 Å². The molecule has 0 fully saturated rings. The van der Waals surface area contributed by atoms with E-state index in [1.54, 1.807) is 23.6 Å². The van der Waals surface area contributed by atoms with Crippen LogP contribution in [0.5, 0.6) is 0 Å². The number of rotatable bonds is 4. The van der Waals surface area contributed by atoms with Crippen LogP contribution in [0.25, 0.3) is 21.5 Å². The summed E-state index contributed by atoms with van der Waals surface area (Å²) in [7, 11) is 0. The van der Waals surface area contributed by atoms with Crippen LogP contribution in [0, 0.1) is 0 Å². The van der Waals surface area contributed by atoms with Crippen molar-refractivity contribution in [2.45, 2.75) is 6.61 Å². The molecule has 4 rings (SSSR count). The fourth-order valence-electron chi connectivity index (χ4n) is 2.37. The van der Waals surface area contributed by atoms with E-state index < -0.39 is 0 Å². The van der Waals surface area contributed by atoms with Crippen LogP contribution in [0.4, 0.5) is 0 Å². The lowest BCUT2D eigenvalue weighted by molar-refractivity contribution is 0.0466. The highest BCUT2D eigenvalue weighted by molar-refractivity contribution is 7.13. The molecule has 1 aromatic carbocycles. The van der Waals surface area contributed by atoms with Gasteiger partial charge in [-0.05, 0) is 17.5 Å². The first-order chi connectivity index (χ1) is 11.3. The number of aromatic amines is 1. The van der Waals surface area contributed by atoms with E-state index in [4.69, 9.17) is 9.26 Å². The maximum absolute atomic E-state index is 12.2. The minimum Gasteiger partial charge on any atom is -0.455 e. The maximum Gasteiger partial charge on any atom is 0.340 e. The SMILES string of the molecule is O=C(OCc1cc(-c2cccs2)on1)c1c[nH]c2ccccc12. The Hall–Kier alpha value is -2.86. The van der Waals surface area contributed by atoms with Crippen molar-refractivity contribution in [3.05, 3.63) is 65.3 Å². The van der Waals surface area contributed by atoms with E-state index in [0.717, 1.165) is 15.8 Å². The Morgan fingerprint density at radius 1 is 1.26 bits per heavy atom. The molecule has 114 valence electrons. The van der Waals surface area contributed by atoms with E-state index in [1.807, 2.05) is 41.8 Å². The molecule has 4 aromatic rings. The smallest absolute Gasteiger partial charge is 0.340 e. The molecule has 0 aliphatic heterocycles. The Kier molecular flexibility index (Phi) is 3.44. The number of hydrogen-bond donors (Lipinski definition) is 1. The lowest BCUT2D eigenvalue weighted by Gasteiger charge is -2.00. The standard InChI is InChI=1S/C17H12N2O3S/c20-17(13-9-18-14-5-2-1-4-12(13)14)21-10-11-8-15(22-19-11)16-6-3-7-23-16/h1-9,18H,10H2. The Balaban J connectivity index is 1.48. The van der Waals surface area contributed by atoms with Crippen LogP contribution in [-0.4, -0.2) is 16.1 Å². The molecule has 1 N–H and O–H groups in total. The number of aromatic nitrogens is 2. The second kappa shape index (κ2) is 5.73. The Bertz CT molecular complexity index is 953. The van der Waals surface area contributed by atoms with Gasteiger partial charge in [0.05, 0.1) is 10.4 Å². The molecule has 0 saturated heterocycles. The van der Waals surface area contributed by atoms with E-state index in [1.165, 1.54) is 0 Å². The zero-order valence-corrected chi connectivity index (χ0v) is 12.8. The van der Waals surface area contributed by atoms with E-state index in [9.17, 15) is 4.79 Å². The van der Waals surface area contributed by atoms with Gasteiger partial charge in [0.1, 0.15) is 12.3 Å². The number of hydrogen-bond acceptors (Lipinski definition) is 5. The van der Waals surface area contributed by atoms with Crippen molar-refractivity contribution in [1.82, 2.24) is 10.1 Å². The normalized spacial score (nSPS) is 11.0. The van der Waals surface area contributed by atoms with Gasteiger partial charge in [-0.15, -0.1) is 11.3 Å². The number of fused-ring (bicyclic) bond motifs is 1. The molecule has 0 amide bonds. The summed E-state index contributed by atoms with van der Waals surface area (Å²) < 4.78 is 10.6. The minimum absolute atomic E-state index is 0.0766. The first-order valence-electron chi connectivity index (χ1n) is 7.04. The lowest BCUT2D eigenvalue weighted by atomic mass is 10.2. The van der Waals surface area contributed by atoms with Gasteiger partial charge in [-0.25, -0.2) is 4.79 Å². The van der Waals surface area contributed by atoms with E-state index in [-0.39, 0.29) is 12.6 Å². The molecule has 0 bridgehead atoms. The summed E-state index contributed by atoms with van der Waals surface area (Å²) in [6.45, 7) is 0.0766. The second-order valence-corrected chi connectivity index (χ2v) is 5.93. The zero-order chi connectivity index (χ0) is 15.6. The summed E-state index contributed by atoms with van der Waals surface area (Å²) in [6.07, 6.45) is 1.66. The van der Waals surface area contributed by atoms with Crippen molar-refractivity contribution >= 4 is 28.2 Å². The van der Waals surface area contributed by atoms with Gasteiger partial charge in [0.15, 0.2) is 5.76 Å². The number of esters is 1. The molecule has 6 heteroatoms. The number of carbonyl (C=O) groups is 1. The highest BCUT2D eigenvalue weighted by Crippen LogP contribution is 2.25. The third-order valence-electron chi connectivity index (χ3n) is 3.48. The quantitative estimate of drug-likeness (QED) is 0.570. The average molecular weight is 324 g/mol. The Morgan fingerprint density at radius 2 is 2.17 bits per heavy atom. The fourth-order valence-corrected chi connectivity index (χ4v) is 3.05. The first kappa shape index (κ1) is 13.8. The van der Waals surface area contributed by atoms with Crippen LogP contribution < -0.4 is 0 Å². The van der Waals surface area contributed by atoms with E-state index >= 15 is 0 Å². The third kappa shape index (κ3) is 2.64. The van der Waals surface area contributed by atoms with Crippen molar-refractivity contribution in [3.8, 4) is 10.6 Å². The van der Waals surface area contributed by atoms with Crippen molar-refractivity contribution in [2.24, 2.45) is 0 Å². The number of thiophene rings is 1. The molecular weight excluding hydrogens is 312 g/mol. The number of ether oxygens (including phenoxy) is 1. The maximum atomic E-state index is 12.2. The van der Waals surface area contributed by atoms with Crippen molar-refractivity contribution in [1.29, 1.82) is 0 Å². The van der Waals surface area contributed by atoms with Gasteiger partial charge < -0.3 is 14.2 Å². The van der Waals surface area contributed by atoms with Gasteiger partial charge in [0.2, 0.25) is 0 Å². The van der Waals surface area contributed by atoms with E-state index in [0.29, 0.717) is 17.0 Å². The monoisotopic (exact) mass is 324 g/mol. The third-order valence-corrected chi connectivity index (χ3v) is 4.37. The molecule has 0 saturated carbocycles. The number of H-pyrrole nitrogens is 1. The number of carbonyl (C=O) groups excluding carboxylic acids is 1. The molecular formula is C17H12N2O3S. The van der Waals surface area contributed by atoms with Crippen LogP contribution in [0.1, 0.15) is 16.1 Å². The number of nitrogens with zero attached hydrogens (tertiary/aromatic N) is 1. The highest BCUT2D eigenvalue weighted by atomic mass is 32.1. The molecule has 3 heterocycles. The topological polar surface area (TPSA) is 68.1 Å². The van der Waals surface area contributed by atoms with Crippen molar-refractivity contribution in [3.63, 3.8) is 0 Å². The van der Waals surface area contributed by atoms with Gasteiger partial charge in [-0.2, -0.15) is 0 Å². The van der Waals surface area contributed by atoms with Gasteiger partial charge in [-0.3, -0.25) is 0 Å². The molecule has 0 unspecified atom stereocenters. The second-order valence-electron chi connectivity index (χ2n) is 4.98. The molecule has 0 radical (unpaired) electrons.